The van der Waals surface area contributed by atoms with E-state index >= 15 is 0 Å². The summed E-state index contributed by atoms with van der Waals surface area (Å²) in [7, 11) is 0. The number of nitrogens with zero attached hydrogens (tertiary/aromatic N) is 2. The third kappa shape index (κ3) is 3.97. The minimum Gasteiger partial charge on any atom is -0.494 e. The zero-order valence-corrected chi connectivity index (χ0v) is 17.3. The maximum atomic E-state index is 12.9. The average molecular weight is 439 g/mol. The van der Waals surface area contributed by atoms with Gasteiger partial charge in [0.25, 0.3) is 5.91 Å². The lowest BCUT2D eigenvalue weighted by molar-refractivity contribution is -0.132. The Morgan fingerprint density at radius 3 is 2.71 bits per heavy atom. The van der Waals surface area contributed by atoms with Gasteiger partial charge in [-0.15, -0.1) is 0 Å². The molecule has 0 fully saturated rings. The first-order valence-corrected chi connectivity index (χ1v) is 9.94. The Kier molecular flexibility index (Phi) is 5.64. The van der Waals surface area contributed by atoms with Crippen molar-refractivity contribution < 1.29 is 19.4 Å². The number of aromatic nitrogens is 2. The van der Waals surface area contributed by atoms with E-state index < -0.39 is 17.9 Å². The van der Waals surface area contributed by atoms with E-state index in [1.807, 2.05) is 31.2 Å². The van der Waals surface area contributed by atoms with Gasteiger partial charge in [0.15, 0.2) is 0 Å². The average Bonchev–Trinajstić information content (AvgIpc) is 3.19. The number of carbonyl (C=O) groups is 2. The first-order chi connectivity index (χ1) is 15.0. The SMILES string of the molecule is CCOc1ccccc1C1C=C(C(=O)O)Nc2c(C(=O)Nc3ccccc3Cl)cnn21. The molecule has 1 unspecified atom stereocenters. The molecule has 0 radical (unpaired) electrons. The number of aliphatic carboxylic acids is 1. The van der Waals surface area contributed by atoms with Crippen molar-refractivity contribution in [2.45, 2.75) is 13.0 Å². The van der Waals surface area contributed by atoms with Gasteiger partial charge >= 0.3 is 5.97 Å². The molecule has 9 heteroatoms. The Labute approximate surface area is 183 Å². The Balaban J connectivity index is 1.76. The van der Waals surface area contributed by atoms with Crippen LogP contribution in [-0.4, -0.2) is 33.4 Å². The number of hydrogen-bond donors (Lipinski definition) is 3. The number of hydrogen-bond acceptors (Lipinski definition) is 5. The van der Waals surface area contributed by atoms with E-state index in [9.17, 15) is 14.7 Å². The number of fused-ring (bicyclic) bond motifs is 1. The van der Waals surface area contributed by atoms with Gasteiger partial charge in [-0.05, 0) is 31.2 Å². The van der Waals surface area contributed by atoms with Crippen molar-refractivity contribution in [2.24, 2.45) is 0 Å². The number of carboxylic acids is 1. The van der Waals surface area contributed by atoms with Gasteiger partial charge in [0.2, 0.25) is 0 Å². The Morgan fingerprint density at radius 2 is 1.97 bits per heavy atom. The molecule has 31 heavy (non-hydrogen) atoms. The summed E-state index contributed by atoms with van der Waals surface area (Å²) in [5.41, 5.74) is 1.30. The number of rotatable bonds is 6. The second-order valence-electron chi connectivity index (χ2n) is 6.71. The van der Waals surface area contributed by atoms with Gasteiger partial charge in [-0.2, -0.15) is 5.10 Å². The van der Waals surface area contributed by atoms with Gasteiger partial charge in [0.05, 0.1) is 23.5 Å². The highest BCUT2D eigenvalue weighted by Gasteiger charge is 2.31. The van der Waals surface area contributed by atoms with Crippen molar-refractivity contribution in [1.29, 1.82) is 0 Å². The lowest BCUT2D eigenvalue weighted by atomic mass is 10.0. The summed E-state index contributed by atoms with van der Waals surface area (Å²) in [6, 6.07) is 13.6. The minimum absolute atomic E-state index is 0.0592. The number of carbonyl (C=O) groups excluding carboxylic acids is 1. The summed E-state index contributed by atoms with van der Waals surface area (Å²) in [5.74, 6) is -0.740. The molecule has 3 N–H and O–H groups in total. The zero-order chi connectivity index (χ0) is 22.0. The van der Waals surface area contributed by atoms with Crippen LogP contribution in [0.15, 0.2) is 66.5 Å². The third-order valence-electron chi connectivity index (χ3n) is 4.77. The summed E-state index contributed by atoms with van der Waals surface area (Å²) in [6.07, 6.45) is 2.93. The van der Waals surface area contributed by atoms with E-state index in [0.29, 0.717) is 23.1 Å². The van der Waals surface area contributed by atoms with Crippen LogP contribution < -0.4 is 15.4 Å². The molecule has 2 heterocycles. The molecule has 3 aromatic rings. The quantitative estimate of drug-likeness (QED) is 0.533. The third-order valence-corrected chi connectivity index (χ3v) is 5.10. The van der Waals surface area contributed by atoms with E-state index in [-0.39, 0.29) is 17.1 Å². The number of para-hydroxylation sites is 2. The van der Waals surface area contributed by atoms with Gasteiger partial charge in [-0.1, -0.05) is 41.9 Å². The fraction of sp³-hybridized carbons (Fsp3) is 0.136. The number of nitrogens with one attached hydrogen (secondary N) is 2. The van der Waals surface area contributed by atoms with Gasteiger partial charge < -0.3 is 20.5 Å². The lowest BCUT2D eigenvalue weighted by Crippen LogP contribution is -2.26. The number of anilines is 2. The fourth-order valence-corrected chi connectivity index (χ4v) is 3.55. The summed E-state index contributed by atoms with van der Waals surface area (Å²) in [4.78, 5) is 24.7. The second-order valence-corrected chi connectivity index (χ2v) is 7.12. The van der Waals surface area contributed by atoms with Gasteiger partial charge in [0, 0.05) is 5.56 Å². The summed E-state index contributed by atoms with van der Waals surface area (Å²) in [5, 5.41) is 19.9. The second kappa shape index (κ2) is 8.53. The van der Waals surface area contributed by atoms with Gasteiger partial charge in [-0.25, -0.2) is 9.48 Å². The summed E-state index contributed by atoms with van der Waals surface area (Å²) in [6.45, 7) is 2.32. The van der Waals surface area contributed by atoms with Crippen molar-refractivity contribution in [3.05, 3.63) is 82.7 Å². The van der Waals surface area contributed by atoms with E-state index in [0.717, 1.165) is 5.56 Å². The molecule has 1 atom stereocenters. The van der Waals surface area contributed by atoms with E-state index in [2.05, 4.69) is 15.7 Å². The Hall–Kier alpha value is -3.78. The topological polar surface area (TPSA) is 105 Å². The number of amides is 1. The van der Waals surface area contributed by atoms with Crippen LogP contribution in [0.3, 0.4) is 0 Å². The van der Waals surface area contributed by atoms with Crippen LogP contribution in [0.25, 0.3) is 0 Å². The molecule has 158 valence electrons. The van der Waals surface area contributed by atoms with E-state index in [1.165, 1.54) is 12.3 Å². The van der Waals surface area contributed by atoms with Crippen LogP contribution in [0.2, 0.25) is 5.02 Å². The molecule has 0 bridgehead atoms. The highest BCUT2D eigenvalue weighted by Crippen LogP contribution is 2.36. The van der Waals surface area contributed by atoms with Gasteiger partial charge in [0.1, 0.15) is 28.9 Å². The predicted molar refractivity (Wildman–Crippen MR) is 117 cm³/mol. The molecule has 0 saturated carbocycles. The number of benzene rings is 2. The summed E-state index contributed by atoms with van der Waals surface area (Å²) >= 11 is 6.14. The van der Waals surface area contributed by atoms with E-state index in [1.54, 1.807) is 28.9 Å². The van der Waals surface area contributed by atoms with Crippen LogP contribution >= 0.6 is 11.6 Å². The molecule has 0 spiro atoms. The Bertz CT molecular complexity index is 1190. The number of ether oxygens (including phenoxy) is 1. The molecule has 1 aliphatic heterocycles. The van der Waals surface area contributed by atoms with Crippen molar-refractivity contribution in [3.63, 3.8) is 0 Å². The first kappa shape index (κ1) is 20.5. The predicted octanol–water partition coefficient (Wildman–Crippen LogP) is 4.17. The molecule has 1 aliphatic rings. The monoisotopic (exact) mass is 438 g/mol. The largest absolute Gasteiger partial charge is 0.494 e. The van der Waals surface area contributed by atoms with Crippen molar-refractivity contribution in [1.82, 2.24) is 9.78 Å². The number of halogens is 1. The Morgan fingerprint density at radius 1 is 1.23 bits per heavy atom. The standard InChI is InChI=1S/C22H19ClN4O4/c1-2-31-19-10-6-3-7-13(19)18-11-17(22(29)30)25-20-14(12-24-27(18)20)21(28)26-16-9-5-4-8-15(16)23/h3-12,18,25H,2H2,1H3,(H,26,28)(H,29,30). The number of carboxylic acid groups (broad SMARTS) is 1. The normalized spacial score (nSPS) is 14.8. The maximum absolute atomic E-state index is 12.9. The van der Waals surface area contributed by atoms with E-state index in [4.69, 9.17) is 16.3 Å². The summed E-state index contributed by atoms with van der Waals surface area (Å²) < 4.78 is 7.28. The van der Waals surface area contributed by atoms with Crippen LogP contribution in [0.5, 0.6) is 5.75 Å². The van der Waals surface area contributed by atoms with Gasteiger partial charge in [-0.3, -0.25) is 4.79 Å². The van der Waals surface area contributed by atoms with Crippen molar-refractivity contribution in [3.8, 4) is 5.75 Å². The lowest BCUT2D eigenvalue weighted by Gasteiger charge is -2.25. The first-order valence-electron chi connectivity index (χ1n) is 9.56. The van der Waals surface area contributed by atoms with Crippen LogP contribution in [0.4, 0.5) is 11.5 Å². The highest BCUT2D eigenvalue weighted by atomic mass is 35.5. The molecule has 1 aromatic heterocycles. The molecule has 1 amide bonds. The van der Waals surface area contributed by atoms with Crippen molar-refractivity contribution in [2.75, 3.05) is 17.2 Å². The molecule has 0 saturated heterocycles. The maximum Gasteiger partial charge on any atom is 0.352 e. The molecular formula is C22H19ClN4O4. The molecule has 2 aromatic carbocycles. The van der Waals surface area contributed by atoms with Crippen LogP contribution in [0.1, 0.15) is 28.9 Å². The van der Waals surface area contributed by atoms with Crippen LogP contribution in [0, 0.1) is 0 Å². The van der Waals surface area contributed by atoms with Crippen LogP contribution in [-0.2, 0) is 4.79 Å². The zero-order valence-electron chi connectivity index (χ0n) is 16.5. The smallest absolute Gasteiger partial charge is 0.352 e. The molecule has 4 rings (SSSR count). The molecule has 0 aliphatic carbocycles. The molecule has 8 nitrogen and oxygen atoms in total. The molecular weight excluding hydrogens is 420 g/mol. The number of allylic oxidation sites excluding steroid dienone is 1. The minimum atomic E-state index is -1.15. The van der Waals surface area contributed by atoms with Crippen molar-refractivity contribution >= 4 is 35.0 Å². The fourth-order valence-electron chi connectivity index (χ4n) is 3.37. The highest BCUT2D eigenvalue weighted by molar-refractivity contribution is 6.34.